The molecule has 3 nitrogen and oxygen atoms in total. The van der Waals surface area contributed by atoms with Crippen LogP contribution in [-0.4, -0.2) is 48.4 Å². The molecule has 0 saturated carbocycles. The number of piperazine rings is 1. The molecule has 0 aromatic heterocycles. The molecule has 0 aliphatic carbocycles. The third kappa shape index (κ3) is 7.21. The van der Waals surface area contributed by atoms with Crippen LogP contribution in [0.1, 0.15) is 23.1 Å². The van der Waals surface area contributed by atoms with Gasteiger partial charge in [0.2, 0.25) is 0 Å². The van der Waals surface area contributed by atoms with Crippen LogP contribution in [0.4, 0.5) is 13.2 Å². The molecule has 1 N–H and O–H groups in total. The molecule has 1 aliphatic rings. The summed E-state index contributed by atoms with van der Waals surface area (Å²) in [7, 11) is 0. The first-order valence-electron chi connectivity index (χ1n) is 9.21. The minimum Gasteiger partial charge on any atom is -0.354 e. The number of benzene rings is 2. The second-order valence-electron chi connectivity index (χ2n) is 6.85. The summed E-state index contributed by atoms with van der Waals surface area (Å²) in [6.45, 7) is 3.99. The number of nitrogens with one attached hydrogen (secondary N) is 1. The largest absolute Gasteiger partial charge is 0.416 e. The topological polar surface area (TPSA) is 30.3 Å². The molecule has 0 amide bonds. The third-order valence-electron chi connectivity index (χ3n) is 4.93. The lowest BCUT2D eigenvalue weighted by Gasteiger charge is -2.36. The summed E-state index contributed by atoms with van der Waals surface area (Å²) in [6.07, 6.45) is -2.26. The van der Waals surface area contributed by atoms with Crippen molar-refractivity contribution in [3.63, 3.8) is 0 Å². The van der Waals surface area contributed by atoms with Crippen LogP contribution < -0.4 is 0 Å². The maximum Gasteiger partial charge on any atom is 0.416 e. The SMILES string of the molecule is Cl.Cl.N=C(c1cccc(C(F)(F)F)c1)N1CCN(CCCc2ccccc2)CC1. The standard InChI is InChI=1S/C21H24F3N3.2ClH/c22-21(23,24)19-10-4-9-18(16-19)20(25)27-14-12-26(13-15-27)11-5-8-17-6-2-1-3-7-17;;/h1-4,6-7,9-10,16,25H,5,8,11-15H2;2*1H. The van der Waals surface area contributed by atoms with Gasteiger partial charge in [0.05, 0.1) is 5.56 Å². The third-order valence-corrected chi connectivity index (χ3v) is 4.93. The zero-order valence-electron chi connectivity index (χ0n) is 16.0. The first kappa shape index (κ1) is 25.3. The Morgan fingerprint density at radius 1 is 0.897 bits per heavy atom. The van der Waals surface area contributed by atoms with Crippen molar-refractivity contribution in [2.24, 2.45) is 0 Å². The van der Waals surface area contributed by atoms with Crippen molar-refractivity contribution in [1.29, 1.82) is 5.41 Å². The van der Waals surface area contributed by atoms with Crippen LogP contribution in [0, 0.1) is 5.41 Å². The molecule has 0 spiro atoms. The summed E-state index contributed by atoms with van der Waals surface area (Å²) in [6, 6.07) is 15.4. The summed E-state index contributed by atoms with van der Waals surface area (Å²) in [5.74, 6) is 0.171. The van der Waals surface area contributed by atoms with E-state index in [0.29, 0.717) is 18.7 Å². The Bertz CT molecular complexity index is 761. The Morgan fingerprint density at radius 2 is 1.55 bits per heavy atom. The molecular formula is C21H26Cl2F3N3. The van der Waals surface area contributed by atoms with Crippen LogP contribution in [0.5, 0.6) is 0 Å². The monoisotopic (exact) mass is 447 g/mol. The fourth-order valence-electron chi connectivity index (χ4n) is 3.37. The smallest absolute Gasteiger partial charge is 0.354 e. The van der Waals surface area contributed by atoms with Gasteiger partial charge in [0, 0.05) is 31.7 Å². The zero-order chi connectivity index (χ0) is 19.3. The van der Waals surface area contributed by atoms with E-state index in [1.54, 1.807) is 6.07 Å². The predicted octanol–water partition coefficient (Wildman–Crippen LogP) is 5.12. The van der Waals surface area contributed by atoms with E-state index in [0.717, 1.165) is 44.6 Å². The Balaban J connectivity index is 0.00000210. The summed E-state index contributed by atoms with van der Waals surface area (Å²) in [4.78, 5) is 4.22. The second kappa shape index (κ2) is 11.4. The van der Waals surface area contributed by atoms with Crippen molar-refractivity contribution in [3.8, 4) is 0 Å². The average Bonchev–Trinajstić information content (AvgIpc) is 2.68. The minimum absolute atomic E-state index is 0. The van der Waals surface area contributed by atoms with E-state index in [1.807, 2.05) is 23.1 Å². The van der Waals surface area contributed by atoms with E-state index in [1.165, 1.54) is 11.6 Å². The Kier molecular flexibility index (Phi) is 9.96. The molecule has 0 radical (unpaired) electrons. The highest BCUT2D eigenvalue weighted by Crippen LogP contribution is 2.29. The maximum atomic E-state index is 12.9. The molecule has 2 aromatic rings. The van der Waals surface area contributed by atoms with E-state index in [9.17, 15) is 13.2 Å². The van der Waals surface area contributed by atoms with E-state index >= 15 is 0 Å². The first-order chi connectivity index (χ1) is 12.9. The Labute approximate surface area is 182 Å². The fourth-order valence-corrected chi connectivity index (χ4v) is 3.37. The number of rotatable bonds is 5. The fraction of sp³-hybridized carbons (Fsp3) is 0.381. The molecule has 1 heterocycles. The van der Waals surface area contributed by atoms with Gasteiger partial charge < -0.3 is 4.90 Å². The number of halogens is 5. The van der Waals surface area contributed by atoms with Crippen LogP contribution in [0.3, 0.4) is 0 Å². The normalized spacial score (nSPS) is 14.7. The molecule has 0 bridgehead atoms. The van der Waals surface area contributed by atoms with E-state index in [2.05, 4.69) is 17.0 Å². The maximum absolute atomic E-state index is 12.9. The lowest BCUT2D eigenvalue weighted by molar-refractivity contribution is -0.137. The van der Waals surface area contributed by atoms with Crippen LogP contribution in [0.15, 0.2) is 54.6 Å². The number of alkyl halides is 3. The molecule has 2 aromatic carbocycles. The van der Waals surface area contributed by atoms with Gasteiger partial charge in [-0.3, -0.25) is 10.3 Å². The molecule has 160 valence electrons. The Morgan fingerprint density at radius 3 is 2.17 bits per heavy atom. The van der Waals surface area contributed by atoms with Gasteiger partial charge in [0.25, 0.3) is 0 Å². The van der Waals surface area contributed by atoms with Crippen LogP contribution >= 0.6 is 24.8 Å². The number of hydrogen-bond donors (Lipinski definition) is 1. The lowest BCUT2D eigenvalue weighted by atomic mass is 10.1. The molecule has 29 heavy (non-hydrogen) atoms. The molecule has 1 saturated heterocycles. The van der Waals surface area contributed by atoms with Crippen LogP contribution in [-0.2, 0) is 12.6 Å². The van der Waals surface area contributed by atoms with Gasteiger partial charge in [-0.25, -0.2) is 0 Å². The first-order valence-corrected chi connectivity index (χ1v) is 9.21. The lowest BCUT2D eigenvalue weighted by Crippen LogP contribution is -2.48. The molecule has 1 aliphatic heterocycles. The molecule has 0 atom stereocenters. The van der Waals surface area contributed by atoms with Gasteiger partial charge in [-0.15, -0.1) is 24.8 Å². The highest BCUT2D eigenvalue weighted by atomic mass is 35.5. The van der Waals surface area contributed by atoms with E-state index in [4.69, 9.17) is 5.41 Å². The van der Waals surface area contributed by atoms with Gasteiger partial charge >= 0.3 is 6.18 Å². The number of amidine groups is 1. The van der Waals surface area contributed by atoms with Crippen molar-refractivity contribution in [3.05, 3.63) is 71.3 Å². The summed E-state index contributed by atoms with van der Waals surface area (Å²) < 4.78 is 38.6. The second-order valence-corrected chi connectivity index (χ2v) is 6.85. The van der Waals surface area contributed by atoms with Gasteiger partial charge in [0.1, 0.15) is 5.84 Å². The predicted molar refractivity (Wildman–Crippen MR) is 116 cm³/mol. The number of aryl methyl sites for hydroxylation is 1. The molecule has 0 unspecified atom stereocenters. The van der Waals surface area contributed by atoms with Crippen molar-refractivity contribution in [2.45, 2.75) is 19.0 Å². The van der Waals surface area contributed by atoms with Crippen LogP contribution in [0.25, 0.3) is 0 Å². The molecule has 8 heteroatoms. The van der Waals surface area contributed by atoms with E-state index in [-0.39, 0.29) is 30.6 Å². The van der Waals surface area contributed by atoms with Gasteiger partial charge in [-0.1, -0.05) is 42.5 Å². The summed E-state index contributed by atoms with van der Waals surface area (Å²) in [5, 5.41) is 8.28. The summed E-state index contributed by atoms with van der Waals surface area (Å²) >= 11 is 0. The minimum atomic E-state index is -4.38. The number of hydrogen-bond acceptors (Lipinski definition) is 2. The highest BCUT2D eigenvalue weighted by molar-refractivity contribution is 5.96. The van der Waals surface area contributed by atoms with Crippen molar-refractivity contribution in [2.75, 3.05) is 32.7 Å². The van der Waals surface area contributed by atoms with E-state index < -0.39 is 11.7 Å². The van der Waals surface area contributed by atoms with Crippen molar-refractivity contribution < 1.29 is 13.2 Å². The quantitative estimate of drug-likeness (QED) is 0.508. The average molecular weight is 448 g/mol. The van der Waals surface area contributed by atoms with Gasteiger partial charge in [-0.05, 0) is 37.1 Å². The number of nitrogens with zero attached hydrogens (tertiary/aromatic N) is 2. The van der Waals surface area contributed by atoms with Gasteiger partial charge in [-0.2, -0.15) is 13.2 Å². The molecular weight excluding hydrogens is 422 g/mol. The van der Waals surface area contributed by atoms with Gasteiger partial charge in [0.15, 0.2) is 0 Å². The molecule has 1 fully saturated rings. The van der Waals surface area contributed by atoms with Crippen molar-refractivity contribution in [1.82, 2.24) is 9.80 Å². The van der Waals surface area contributed by atoms with Crippen LogP contribution in [0.2, 0.25) is 0 Å². The Hall–Kier alpha value is -1.76. The summed E-state index contributed by atoms with van der Waals surface area (Å²) in [5.41, 5.74) is 0.953. The highest BCUT2D eigenvalue weighted by Gasteiger charge is 2.31. The molecule has 3 rings (SSSR count). The van der Waals surface area contributed by atoms with Crippen molar-refractivity contribution >= 4 is 30.6 Å². The zero-order valence-corrected chi connectivity index (χ0v) is 17.6.